The van der Waals surface area contributed by atoms with Crippen molar-refractivity contribution in [1.29, 1.82) is 0 Å². The van der Waals surface area contributed by atoms with Crippen molar-refractivity contribution in [2.45, 2.75) is 26.1 Å². The fourth-order valence-electron chi connectivity index (χ4n) is 0.916. The number of carbonyl (C=O) groups is 1. The van der Waals surface area contributed by atoms with E-state index >= 15 is 0 Å². The normalized spacial score (nSPS) is 12.8. The van der Waals surface area contributed by atoms with Crippen molar-refractivity contribution in [2.75, 3.05) is 26.3 Å². The van der Waals surface area contributed by atoms with E-state index in [9.17, 15) is 9.18 Å². The van der Waals surface area contributed by atoms with Crippen LogP contribution in [0.2, 0.25) is 0 Å². The maximum atomic E-state index is 13.1. The van der Waals surface area contributed by atoms with Crippen LogP contribution >= 0.6 is 22.5 Å². The second-order valence-corrected chi connectivity index (χ2v) is 4.64. The van der Waals surface area contributed by atoms with E-state index in [4.69, 9.17) is 4.74 Å². The minimum absolute atomic E-state index is 0.00269. The Morgan fingerprint density at radius 3 is 2.81 bits per heavy atom. The molecule has 0 fully saturated rings. The van der Waals surface area contributed by atoms with Gasteiger partial charge in [0.25, 0.3) is 5.24 Å². The zero-order chi connectivity index (χ0) is 12.4. The van der Waals surface area contributed by atoms with Crippen molar-refractivity contribution in [3.63, 3.8) is 0 Å². The molecule has 0 aromatic heterocycles. The summed E-state index contributed by atoms with van der Waals surface area (Å²) in [6, 6.07) is 0.400. The summed E-state index contributed by atoms with van der Waals surface area (Å²) < 4.78 is 18.2. The van der Waals surface area contributed by atoms with E-state index in [1.54, 1.807) is 0 Å². The number of rotatable bonds is 8. The Morgan fingerprint density at radius 1 is 1.56 bits per heavy atom. The first-order valence-corrected chi connectivity index (χ1v) is 6.97. The second kappa shape index (κ2) is 10.2. The molecule has 1 amide bonds. The van der Waals surface area contributed by atoms with Gasteiger partial charge in [-0.25, -0.2) is 4.39 Å². The molecule has 0 spiro atoms. The van der Waals surface area contributed by atoms with Crippen molar-refractivity contribution < 1.29 is 13.9 Å². The van der Waals surface area contributed by atoms with Crippen molar-refractivity contribution in [2.24, 2.45) is 0 Å². The minimum atomic E-state index is -1.18. The molecule has 0 aliphatic carbocycles. The number of alkyl halides is 1. The van der Waals surface area contributed by atoms with Crippen molar-refractivity contribution in [3.05, 3.63) is 0 Å². The van der Waals surface area contributed by atoms with Crippen molar-refractivity contribution in [3.8, 4) is 0 Å². The number of carbonyl (C=O) groups excluding carboxylic acids is 1. The molecule has 4 nitrogen and oxygen atoms in total. The maximum Gasteiger partial charge on any atom is 0.289 e. The predicted molar refractivity (Wildman–Crippen MR) is 68.8 cm³/mol. The van der Waals surface area contributed by atoms with Crippen LogP contribution in [-0.4, -0.2) is 43.8 Å². The SMILES string of the molecule is CC(C)NCCOCC(F)CNC(=O)SS. The summed E-state index contributed by atoms with van der Waals surface area (Å²) in [6.45, 7) is 5.18. The third-order valence-corrected chi connectivity index (χ3v) is 2.46. The van der Waals surface area contributed by atoms with Gasteiger partial charge >= 0.3 is 0 Å². The van der Waals surface area contributed by atoms with Gasteiger partial charge in [-0.15, -0.1) is 11.7 Å². The molecule has 0 radical (unpaired) electrons. The number of nitrogens with one attached hydrogen (secondary N) is 2. The minimum Gasteiger partial charge on any atom is -0.377 e. The molecule has 96 valence electrons. The van der Waals surface area contributed by atoms with E-state index < -0.39 is 6.17 Å². The lowest BCUT2D eigenvalue weighted by Gasteiger charge is -2.11. The first kappa shape index (κ1) is 16.0. The van der Waals surface area contributed by atoms with Crippen molar-refractivity contribution >= 4 is 27.7 Å². The van der Waals surface area contributed by atoms with Crippen LogP contribution in [-0.2, 0) is 4.74 Å². The fourth-order valence-corrected chi connectivity index (χ4v) is 1.26. The highest BCUT2D eigenvalue weighted by Crippen LogP contribution is 2.05. The number of amides is 1. The summed E-state index contributed by atoms with van der Waals surface area (Å²) in [5.41, 5.74) is 0. The molecule has 0 rings (SSSR count). The average molecular weight is 270 g/mol. The summed E-state index contributed by atoms with van der Waals surface area (Å²) in [7, 11) is 0.729. The quantitative estimate of drug-likeness (QED) is 0.356. The van der Waals surface area contributed by atoms with Gasteiger partial charge in [0.2, 0.25) is 0 Å². The monoisotopic (exact) mass is 270 g/mol. The van der Waals surface area contributed by atoms with Crippen molar-refractivity contribution in [1.82, 2.24) is 10.6 Å². The Labute approximate surface area is 105 Å². The van der Waals surface area contributed by atoms with Gasteiger partial charge in [-0.2, -0.15) is 0 Å². The maximum absolute atomic E-state index is 13.1. The molecule has 0 saturated carbocycles. The summed E-state index contributed by atoms with van der Waals surface area (Å²) in [4.78, 5) is 10.7. The molecule has 0 aliphatic heterocycles. The summed E-state index contributed by atoms with van der Waals surface area (Å²) >= 11 is 3.68. The molecule has 0 bridgehead atoms. The molecule has 1 atom stereocenters. The highest BCUT2D eigenvalue weighted by atomic mass is 33.1. The summed E-state index contributed by atoms with van der Waals surface area (Å²) in [5.74, 6) is 0. The standard InChI is InChI=1S/C9H19FN2O2S2/c1-7(2)11-3-4-14-6-8(10)5-12-9(13)16-15/h7-8,11,15H,3-6H2,1-2H3,(H,12,13). The van der Waals surface area contributed by atoms with Crippen LogP contribution in [0.1, 0.15) is 13.8 Å². The lowest BCUT2D eigenvalue weighted by Crippen LogP contribution is -2.31. The summed E-state index contributed by atoms with van der Waals surface area (Å²) in [5, 5.41) is 5.16. The average Bonchev–Trinajstić information content (AvgIpc) is 2.24. The first-order valence-electron chi connectivity index (χ1n) is 5.10. The molecule has 7 heteroatoms. The van der Waals surface area contributed by atoms with Gasteiger partial charge in [0, 0.05) is 23.4 Å². The van der Waals surface area contributed by atoms with Gasteiger partial charge in [-0.3, -0.25) is 4.79 Å². The largest absolute Gasteiger partial charge is 0.377 e. The lowest BCUT2D eigenvalue weighted by molar-refractivity contribution is 0.0824. The van der Waals surface area contributed by atoms with Gasteiger partial charge in [0.05, 0.1) is 19.8 Å². The van der Waals surface area contributed by atoms with Crippen LogP contribution in [0.4, 0.5) is 9.18 Å². The van der Waals surface area contributed by atoms with Gasteiger partial charge in [0.1, 0.15) is 6.17 Å². The number of hydrogen-bond acceptors (Lipinski definition) is 5. The molecule has 0 aliphatic rings. The molecule has 2 N–H and O–H groups in total. The van der Waals surface area contributed by atoms with E-state index in [2.05, 4.69) is 22.3 Å². The Kier molecular flexibility index (Phi) is 10.2. The zero-order valence-corrected chi connectivity index (χ0v) is 11.2. The first-order chi connectivity index (χ1) is 7.56. The van der Waals surface area contributed by atoms with Gasteiger partial charge in [0.15, 0.2) is 0 Å². The van der Waals surface area contributed by atoms with Gasteiger partial charge in [-0.1, -0.05) is 13.8 Å². The van der Waals surface area contributed by atoms with Gasteiger partial charge in [-0.05, 0) is 0 Å². The molecule has 0 saturated heterocycles. The van der Waals surface area contributed by atoms with E-state index in [1.807, 2.05) is 13.8 Å². The molecule has 0 heterocycles. The van der Waals surface area contributed by atoms with Crippen LogP contribution in [0.25, 0.3) is 0 Å². The molecule has 16 heavy (non-hydrogen) atoms. The number of hydrogen-bond donors (Lipinski definition) is 3. The molecular formula is C9H19FN2O2S2. The molecular weight excluding hydrogens is 251 g/mol. The highest BCUT2D eigenvalue weighted by molar-refractivity contribution is 8.74. The number of halogens is 1. The van der Waals surface area contributed by atoms with Gasteiger partial charge < -0.3 is 15.4 Å². The predicted octanol–water partition coefficient (Wildman–Crippen LogP) is 1.63. The van der Waals surface area contributed by atoms with Crippen LogP contribution in [0.5, 0.6) is 0 Å². The van der Waals surface area contributed by atoms with E-state index in [0.29, 0.717) is 19.2 Å². The Hall–Kier alpha value is 0.0200. The molecule has 0 aromatic carbocycles. The third kappa shape index (κ3) is 10.5. The second-order valence-electron chi connectivity index (χ2n) is 3.54. The Balaban J connectivity index is 3.30. The number of ether oxygens (including phenoxy) is 1. The van der Waals surface area contributed by atoms with Crippen LogP contribution in [0.15, 0.2) is 0 Å². The fraction of sp³-hybridized carbons (Fsp3) is 0.889. The third-order valence-electron chi connectivity index (χ3n) is 1.65. The Morgan fingerprint density at radius 2 is 2.25 bits per heavy atom. The highest BCUT2D eigenvalue weighted by Gasteiger charge is 2.08. The number of thiol groups is 1. The molecule has 1 unspecified atom stereocenters. The van der Waals surface area contributed by atoms with E-state index in [0.717, 1.165) is 10.8 Å². The smallest absolute Gasteiger partial charge is 0.289 e. The van der Waals surface area contributed by atoms with E-state index in [1.165, 1.54) is 0 Å². The summed E-state index contributed by atoms with van der Waals surface area (Å²) in [6.07, 6.45) is -1.18. The van der Waals surface area contributed by atoms with Crippen LogP contribution < -0.4 is 10.6 Å². The van der Waals surface area contributed by atoms with E-state index in [-0.39, 0.29) is 18.4 Å². The van der Waals surface area contributed by atoms with Crippen LogP contribution in [0, 0.1) is 0 Å². The topological polar surface area (TPSA) is 50.4 Å². The lowest BCUT2D eigenvalue weighted by atomic mass is 10.4. The molecule has 0 aromatic rings. The zero-order valence-electron chi connectivity index (χ0n) is 9.53. The Bertz CT molecular complexity index is 196. The van der Waals surface area contributed by atoms with Crippen LogP contribution in [0.3, 0.4) is 0 Å².